The van der Waals surface area contributed by atoms with E-state index in [4.69, 9.17) is 9.84 Å². The minimum Gasteiger partial charge on any atom is -0.392 e. The van der Waals surface area contributed by atoms with Crippen LogP contribution >= 0.6 is 0 Å². The maximum atomic E-state index is 8.89. The van der Waals surface area contributed by atoms with Gasteiger partial charge in [-0.15, -0.1) is 0 Å². The van der Waals surface area contributed by atoms with Gasteiger partial charge in [-0.25, -0.2) is 0 Å². The van der Waals surface area contributed by atoms with Crippen molar-refractivity contribution in [2.24, 2.45) is 0 Å². The van der Waals surface area contributed by atoms with Crippen molar-refractivity contribution < 1.29 is 9.84 Å². The fraction of sp³-hybridized carbons (Fsp3) is 0.429. The second-order valence-electron chi connectivity index (χ2n) is 3.43. The second-order valence-corrected chi connectivity index (χ2v) is 3.43. The molecule has 1 aromatic carbocycles. The van der Waals surface area contributed by atoms with E-state index in [1.165, 1.54) is 16.7 Å². The van der Waals surface area contributed by atoms with E-state index < -0.39 is 0 Å². The van der Waals surface area contributed by atoms with Crippen LogP contribution in [0, 0.1) is 0 Å². The van der Waals surface area contributed by atoms with Crippen molar-refractivity contribution in [3.8, 4) is 0 Å². The molecule has 0 amide bonds. The number of hydrogen-bond donors (Lipinski definition) is 1. The lowest BCUT2D eigenvalue weighted by molar-refractivity contribution is 0.112. The first-order valence-corrected chi connectivity index (χ1v) is 5.78. The first-order chi connectivity index (χ1) is 7.86. The van der Waals surface area contributed by atoms with E-state index in [1.54, 1.807) is 7.11 Å². The average molecular weight is 220 g/mol. The number of aliphatic hydroxyl groups is 1. The van der Waals surface area contributed by atoms with Crippen LogP contribution in [0.15, 0.2) is 30.3 Å². The van der Waals surface area contributed by atoms with Crippen LogP contribution in [0.1, 0.15) is 37.5 Å². The van der Waals surface area contributed by atoms with Gasteiger partial charge in [-0.2, -0.15) is 0 Å². The van der Waals surface area contributed by atoms with E-state index in [2.05, 4.69) is 12.1 Å². The molecule has 1 N–H and O–H groups in total. The third-order valence-corrected chi connectivity index (χ3v) is 2.68. The quantitative estimate of drug-likeness (QED) is 0.829. The molecule has 88 valence electrons. The van der Waals surface area contributed by atoms with Gasteiger partial charge in [-0.3, -0.25) is 0 Å². The van der Waals surface area contributed by atoms with Gasteiger partial charge in [-0.05, 0) is 16.7 Å². The Labute approximate surface area is 97.6 Å². The molecular weight excluding hydrogens is 200 g/mol. The molecule has 2 heteroatoms. The fourth-order valence-electron chi connectivity index (χ4n) is 2.00. The molecule has 0 saturated carbocycles. The summed E-state index contributed by atoms with van der Waals surface area (Å²) in [7, 11) is 1.73. The average Bonchev–Trinajstić information content (AvgIpc) is 2.71. The molecule has 1 atom stereocenters. The molecule has 0 spiro atoms. The lowest BCUT2D eigenvalue weighted by Crippen LogP contribution is -1.94. The predicted molar refractivity (Wildman–Crippen MR) is 67.2 cm³/mol. The molecule has 0 heterocycles. The van der Waals surface area contributed by atoms with Crippen molar-refractivity contribution in [2.45, 2.75) is 26.4 Å². The maximum Gasteiger partial charge on any atom is 0.0867 e. The first kappa shape index (κ1) is 12.9. The van der Waals surface area contributed by atoms with Crippen LogP contribution in [0.3, 0.4) is 0 Å². The maximum absolute atomic E-state index is 8.89. The monoisotopic (exact) mass is 220 g/mol. The summed E-state index contributed by atoms with van der Waals surface area (Å²) in [5, 5.41) is 8.89. The molecular formula is C14H20O2. The summed E-state index contributed by atoms with van der Waals surface area (Å²) < 4.78 is 5.39. The highest BCUT2D eigenvalue weighted by molar-refractivity contribution is 5.73. The van der Waals surface area contributed by atoms with Crippen molar-refractivity contribution in [1.29, 1.82) is 0 Å². The zero-order valence-electron chi connectivity index (χ0n) is 10.2. The molecule has 1 unspecified atom stereocenters. The summed E-state index contributed by atoms with van der Waals surface area (Å²) in [4.78, 5) is 0. The Morgan fingerprint density at radius 1 is 1.38 bits per heavy atom. The van der Waals surface area contributed by atoms with Gasteiger partial charge in [0.05, 0.1) is 12.7 Å². The molecule has 1 aliphatic rings. The van der Waals surface area contributed by atoms with E-state index >= 15 is 0 Å². The molecule has 1 aromatic rings. The first-order valence-electron chi connectivity index (χ1n) is 5.78. The molecule has 0 fully saturated rings. The van der Waals surface area contributed by atoms with E-state index in [0.29, 0.717) is 0 Å². The van der Waals surface area contributed by atoms with E-state index in [9.17, 15) is 0 Å². The SMILES string of the molecule is CC.COC1C/C(=C\CO)c2ccccc21. The highest BCUT2D eigenvalue weighted by Crippen LogP contribution is 2.40. The minimum absolute atomic E-state index is 0.0973. The third-order valence-electron chi connectivity index (χ3n) is 2.68. The van der Waals surface area contributed by atoms with Gasteiger partial charge < -0.3 is 9.84 Å². The van der Waals surface area contributed by atoms with Gasteiger partial charge in [0.15, 0.2) is 0 Å². The molecule has 2 rings (SSSR count). The lowest BCUT2D eigenvalue weighted by atomic mass is 10.1. The molecule has 2 nitrogen and oxygen atoms in total. The van der Waals surface area contributed by atoms with Crippen molar-refractivity contribution in [2.75, 3.05) is 13.7 Å². The van der Waals surface area contributed by atoms with Crippen LogP contribution in [0.4, 0.5) is 0 Å². The Balaban J connectivity index is 0.000000606. The van der Waals surface area contributed by atoms with Gasteiger partial charge in [0.1, 0.15) is 0 Å². The standard InChI is InChI=1S/C12H14O2.C2H6/c1-14-12-8-9(6-7-13)10-4-2-3-5-11(10)12;1-2/h2-6,12-13H,7-8H2,1H3;1-2H3/b9-6+;. The lowest BCUT2D eigenvalue weighted by Gasteiger charge is -2.07. The fourth-order valence-corrected chi connectivity index (χ4v) is 2.00. The molecule has 0 bridgehead atoms. The number of ether oxygens (including phenoxy) is 1. The Kier molecular flexibility index (Phi) is 5.23. The van der Waals surface area contributed by atoms with Crippen LogP contribution in [-0.4, -0.2) is 18.8 Å². The number of hydrogen-bond acceptors (Lipinski definition) is 2. The summed E-state index contributed by atoms with van der Waals surface area (Å²) in [5.41, 5.74) is 3.64. The van der Waals surface area contributed by atoms with Crippen molar-refractivity contribution in [3.63, 3.8) is 0 Å². The van der Waals surface area contributed by atoms with Crippen LogP contribution in [-0.2, 0) is 4.74 Å². The molecule has 0 aliphatic heterocycles. The topological polar surface area (TPSA) is 29.5 Å². The van der Waals surface area contributed by atoms with E-state index in [0.717, 1.165) is 6.42 Å². The van der Waals surface area contributed by atoms with Gasteiger partial charge in [0.2, 0.25) is 0 Å². The van der Waals surface area contributed by atoms with Gasteiger partial charge in [0.25, 0.3) is 0 Å². The zero-order chi connectivity index (χ0) is 12.0. The highest BCUT2D eigenvalue weighted by Gasteiger charge is 2.25. The zero-order valence-corrected chi connectivity index (χ0v) is 10.2. The normalized spacial score (nSPS) is 20.2. The number of benzene rings is 1. The summed E-state index contributed by atoms with van der Waals surface area (Å²) >= 11 is 0. The molecule has 0 radical (unpaired) electrons. The van der Waals surface area contributed by atoms with Crippen LogP contribution < -0.4 is 0 Å². The Morgan fingerprint density at radius 3 is 2.69 bits per heavy atom. The summed E-state index contributed by atoms with van der Waals surface area (Å²) in [5.74, 6) is 0. The summed E-state index contributed by atoms with van der Waals surface area (Å²) in [6, 6.07) is 8.20. The summed E-state index contributed by atoms with van der Waals surface area (Å²) in [6.45, 7) is 4.10. The molecule has 0 aromatic heterocycles. The number of rotatable bonds is 2. The smallest absolute Gasteiger partial charge is 0.0867 e. The van der Waals surface area contributed by atoms with Crippen molar-refractivity contribution >= 4 is 5.57 Å². The Hall–Kier alpha value is -1.12. The second kappa shape index (κ2) is 6.46. The largest absolute Gasteiger partial charge is 0.392 e. The molecule has 0 saturated heterocycles. The van der Waals surface area contributed by atoms with Gasteiger partial charge in [-0.1, -0.05) is 44.2 Å². The van der Waals surface area contributed by atoms with E-state index in [1.807, 2.05) is 32.1 Å². The minimum atomic E-state index is 0.0973. The predicted octanol–water partition coefficient (Wildman–Crippen LogP) is 3.18. The highest BCUT2D eigenvalue weighted by atomic mass is 16.5. The number of aliphatic hydroxyl groups excluding tert-OH is 1. The Bertz CT molecular complexity index is 356. The van der Waals surface area contributed by atoms with E-state index in [-0.39, 0.29) is 12.7 Å². The van der Waals surface area contributed by atoms with Crippen LogP contribution in [0.2, 0.25) is 0 Å². The van der Waals surface area contributed by atoms with Crippen molar-refractivity contribution in [3.05, 3.63) is 41.5 Å². The number of fused-ring (bicyclic) bond motifs is 1. The Morgan fingerprint density at radius 2 is 2.06 bits per heavy atom. The molecule has 16 heavy (non-hydrogen) atoms. The third kappa shape index (κ3) is 2.52. The number of methoxy groups -OCH3 is 1. The molecule has 1 aliphatic carbocycles. The van der Waals surface area contributed by atoms with Crippen LogP contribution in [0.5, 0.6) is 0 Å². The van der Waals surface area contributed by atoms with Gasteiger partial charge in [0, 0.05) is 13.5 Å². The van der Waals surface area contributed by atoms with Crippen LogP contribution in [0.25, 0.3) is 5.57 Å². The van der Waals surface area contributed by atoms with Gasteiger partial charge >= 0.3 is 0 Å². The summed E-state index contributed by atoms with van der Waals surface area (Å²) in [6.07, 6.45) is 2.89. The van der Waals surface area contributed by atoms with Crippen molar-refractivity contribution in [1.82, 2.24) is 0 Å².